The normalized spacial score (nSPS) is 11.5. The van der Waals surface area contributed by atoms with Crippen LogP contribution in [0, 0.1) is 13.8 Å². The molecule has 104 valence electrons. The van der Waals surface area contributed by atoms with E-state index in [2.05, 4.69) is 28.8 Å². The molecule has 0 unspecified atom stereocenters. The van der Waals surface area contributed by atoms with E-state index in [1.165, 1.54) is 18.7 Å². The number of methoxy groups -OCH3 is 1. The first-order chi connectivity index (χ1) is 9.51. The highest BCUT2D eigenvalue weighted by Gasteiger charge is 2.13. The van der Waals surface area contributed by atoms with E-state index >= 15 is 0 Å². The van der Waals surface area contributed by atoms with Crippen molar-refractivity contribution in [2.45, 2.75) is 20.8 Å². The van der Waals surface area contributed by atoms with Crippen LogP contribution in [0.25, 0.3) is 16.8 Å². The number of carbonyl (C=O) groups is 1. The van der Waals surface area contributed by atoms with Gasteiger partial charge in [0.1, 0.15) is 0 Å². The summed E-state index contributed by atoms with van der Waals surface area (Å²) in [7, 11) is 1.38. The van der Waals surface area contributed by atoms with Crippen LogP contribution in [0.5, 0.6) is 0 Å². The number of ether oxygens (including phenoxy) is 1. The summed E-state index contributed by atoms with van der Waals surface area (Å²) >= 11 is 1.59. The highest BCUT2D eigenvalue weighted by atomic mass is 32.1. The number of hydrogen-bond donors (Lipinski definition) is 0. The number of aryl methyl sites for hydroxylation is 2. The third-order valence-electron chi connectivity index (χ3n) is 2.92. The number of allylic oxidation sites excluding steroid dienone is 1. The van der Waals surface area contributed by atoms with Gasteiger partial charge in [0.05, 0.1) is 22.7 Å². The van der Waals surface area contributed by atoms with Crippen LogP contribution >= 0.6 is 11.3 Å². The predicted molar refractivity (Wildman–Crippen MR) is 82.7 cm³/mol. The molecular weight excluding hydrogens is 270 g/mol. The van der Waals surface area contributed by atoms with E-state index in [9.17, 15) is 4.79 Å². The lowest BCUT2D eigenvalue weighted by Crippen LogP contribution is -1.95. The maximum absolute atomic E-state index is 11.4. The van der Waals surface area contributed by atoms with E-state index < -0.39 is 0 Å². The number of rotatable bonds is 3. The summed E-state index contributed by atoms with van der Waals surface area (Å²) in [6.45, 7) is 5.93. The van der Waals surface area contributed by atoms with Crippen LogP contribution in [0.15, 0.2) is 30.3 Å². The number of esters is 1. The lowest BCUT2D eigenvalue weighted by atomic mass is 10.1. The van der Waals surface area contributed by atoms with Crippen LogP contribution in [0.2, 0.25) is 0 Å². The van der Waals surface area contributed by atoms with Crippen LogP contribution < -0.4 is 0 Å². The van der Waals surface area contributed by atoms with Gasteiger partial charge in [-0.1, -0.05) is 23.8 Å². The summed E-state index contributed by atoms with van der Waals surface area (Å²) < 4.78 is 4.68. The summed E-state index contributed by atoms with van der Waals surface area (Å²) in [5.74, 6) is -0.344. The van der Waals surface area contributed by atoms with E-state index in [0.717, 1.165) is 26.7 Å². The quantitative estimate of drug-likeness (QED) is 0.632. The van der Waals surface area contributed by atoms with Crippen molar-refractivity contribution >= 4 is 22.9 Å². The minimum absolute atomic E-state index is 0.344. The molecule has 0 bridgehead atoms. The van der Waals surface area contributed by atoms with E-state index in [4.69, 9.17) is 0 Å². The van der Waals surface area contributed by atoms with Crippen molar-refractivity contribution in [3.05, 3.63) is 45.8 Å². The molecular formula is C16H17NO2S. The first kappa shape index (κ1) is 14.5. The smallest absolute Gasteiger partial charge is 0.330 e. The van der Waals surface area contributed by atoms with Crippen molar-refractivity contribution in [3.63, 3.8) is 0 Å². The van der Waals surface area contributed by atoms with Gasteiger partial charge < -0.3 is 4.74 Å². The molecule has 1 aromatic heterocycles. The van der Waals surface area contributed by atoms with E-state index in [0.29, 0.717) is 0 Å². The third kappa shape index (κ3) is 3.14. The average molecular weight is 287 g/mol. The predicted octanol–water partition coefficient (Wildman–Crippen LogP) is 4.00. The zero-order valence-electron chi connectivity index (χ0n) is 12.1. The number of hydrogen-bond acceptors (Lipinski definition) is 4. The zero-order valence-corrected chi connectivity index (χ0v) is 12.9. The maximum atomic E-state index is 11.4. The van der Waals surface area contributed by atoms with Gasteiger partial charge in [-0.15, -0.1) is 11.3 Å². The Bertz CT molecular complexity index is 671. The molecule has 0 radical (unpaired) electrons. The highest BCUT2D eigenvalue weighted by Crippen LogP contribution is 2.33. The van der Waals surface area contributed by atoms with E-state index in [1.807, 2.05) is 26.0 Å². The molecule has 2 aromatic rings. The highest BCUT2D eigenvalue weighted by molar-refractivity contribution is 7.13. The maximum Gasteiger partial charge on any atom is 0.330 e. The molecule has 1 heterocycles. The van der Waals surface area contributed by atoms with Crippen molar-refractivity contribution in [1.82, 2.24) is 4.98 Å². The molecule has 0 saturated heterocycles. The minimum Gasteiger partial charge on any atom is -0.466 e. The molecule has 0 atom stereocenters. The average Bonchev–Trinajstić information content (AvgIpc) is 2.81. The first-order valence-electron chi connectivity index (χ1n) is 6.32. The summed E-state index contributed by atoms with van der Waals surface area (Å²) in [4.78, 5) is 17.0. The van der Waals surface area contributed by atoms with Crippen molar-refractivity contribution in [3.8, 4) is 11.3 Å². The van der Waals surface area contributed by atoms with Crippen LogP contribution in [0.4, 0.5) is 0 Å². The van der Waals surface area contributed by atoms with Crippen molar-refractivity contribution in [1.29, 1.82) is 0 Å². The molecule has 2 rings (SSSR count). The Labute approximate surface area is 122 Å². The van der Waals surface area contributed by atoms with Crippen molar-refractivity contribution in [2.75, 3.05) is 7.11 Å². The number of thiazole rings is 1. The van der Waals surface area contributed by atoms with E-state index in [-0.39, 0.29) is 5.97 Å². The number of aromatic nitrogens is 1. The molecule has 0 spiro atoms. The van der Waals surface area contributed by atoms with Gasteiger partial charge in [-0.2, -0.15) is 0 Å². The zero-order chi connectivity index (χ0) is 14.7. The lowest BCUT2D eigenvalue weighted by Gasteiger charge is -2.04. The molecule has 0 saturated carbocycles. The molecule has 0 amide bonds. The van der Waals surface area contributed by atoms with Gasteiger partial charge in [0.15, 0.2) is 0 Å². The fourth-order valence-electron chi connectivity index (χ4n) is 1.98. The Morgan fingerprint density at radius 3 is 2.75 bits per heavy atom. The van der Waals surface area contributed by atoms with E-state index in [1.54, 1.807) is 11.3 Å². The summed E-state index contributed by atoms with van der Waals surface area (Å²) in [6.07, 6.45) is 1.51. The van der Waals surface area contributed by atoms with Gasteiger partial charge in [-0.25, -0.2) is 9.78 Å². The Morgan fingerprint density at radius 2 is 2.10 bits per heavy atom. The summed E-state index contributed by atoms with van der Waals surface area (Å²) in [5.41, 5.74) is 4.06. The van der Waals surface area contributed by atoms with Crippen molar-refractivity contribution < 1.29 is 9.53 Å². The Balaban J connectivity index is 2.51. The molecule has 0 aliphatic carbocycles. The number of carbonyl (C=O) groups excluding carboxylic acids is 1. The minimum atomic E-state index is -0.344. The number of benzene rings is 1. The molecule has 20 heavy (non-hydrogen) atoms. The SMILES string of the molecule is COC(=O)/C=C(\C)c1sc(C)nc1-c1cccc(C)c1. The Morgan fingerprint density at radius 1 is 1.35 bits per heavy atom. The topological polar surface area (TPSA) is 39.2 Å². The monoisotopic (exact) mass is 287 g/mol. The standard InChI is InChI=1S/C16H17NO2S/c1-10-6-5-7-13(8-10)15-16(20-12(3)17-15)11(2)9-14(18)19-4/h5-9H,1-4H3/b11-9+. The van der Waals surface area contributed by atoms with Crippen LogP contribution in [0.1, 0.15) is 22.4 Å². The van der Waals surface area contributed by atoms with Gasteiger partial charge in [0.25, 0.3) is 0 Å². The van der Waals surface area contributed by atoms with Crippen LogP contribution in [-0.2, 0) is 9.53 Å². The fourth-order valence-corrected chi connectivity index (χ4v) is 2.90. The van der Waals surface area contributed by atoms with Gasteiger partial charge in [-0.3, -0.25) is 0 Å². The van der Waals surface area contributed by atoms with Gasteiger partial charge >= 0.3 is 5.97 Å². The summed E-state index contributed by atoms with van der Waals surface area (Å²) in [5, 5.41) is 0.981. The lowest BCUT2D eigenvalue weighted by molar-refractivity contribution is -0.134. The molecule has 0 aliphatic rings. The van der Waals surface area contributed by atoms with Gasteiger partial charge in [0, 0.05) is 11.6 Å². The largest absolute Gasteiger partial charge is 0.466 e. The Kier molecular flexibility index (Phi) is 4.35. The Hall–Kier alpha value is -1.94. The summed E-state index contributed by atoms with van der Waals surface area (Å²) in [6, 6.07) is 8.21. The molecule has 0 aliphatic heterocycles. The molecule has 1 aromatic carbocycles. The second kappa shape index (κ2) is 6.01. The van der Waals surface area contributed by atoms with Crippen molar-refractivity contribution in [2.24, 2.45) is 0 Å². The fraction of sp³-hybridized carbons (Fsp3) is 0.250. The first-order valence-corrected chi connectivity index (χ1v) is 7.14. The van der Waals surface area contributed by atoms with Crippen LogP contribution in [-0.4, -0.2) is 18.1 Å². The number of nitrogens with zero attached hydrogens (tertiary/aromatic N) is 1. The molecule has 4 heteroatoms. The molecule has 3 nitrogen and oxygen atoms in total. The second-order valence-corrected chi connectivity index (χ2v) is 5.83. The molecule has 0 N–H and O–H groups in total. The van der Waals surface area contributed by atoms with Gasteiger partial charge in [0.2, 0.25) is 0 Å². The molecule has 0 fully saturated rings. The third-order valence-corrected chi connectivity index (χ3v) is 4.03. The second-order valence-electron chi connectivity index (χ2n) is 4.63. The van der Waals surface area contributed by atoms with Gasteiger partial charge in [-0.05, 0) is 32.4 Å². The van der Waals surface area contributed by atoms with Crippen LogP contribution in [0.3, 0.4) is 0 Å².